The molecule has 0 saturated heterocycles. The number of hydrogen-bond acceptors (Lipinski definition) is 1. The first-order chi connectivity index (χ1) is 6.77. The van der Waals surface area contributed by atoms with Gasteiger partial charge in [0.1, 0.15) is 5.78 Å². The second kappa shape index (κ2) is 4.04. The van der Waals surface area contributed by atoms with Crippen LogP contribution >= 0.6 is 0 Å². The number of ketones is 1. The summed E-state index contributed by atoms with van der Waals surface area (Å²) in [7, 11) is 0. The van der Waals surface area contributed by atoms with E-state index in [1.54, 1.807) is 0 Å². The van der Waals surface area contributed by atoms with Gasteiger partial charge in [-0.15, -0.1) is 0 Å². The van der Waals surface area contributed by atoms with E-state index in [2.05, 4.69) is 6.92 Å². The predicted molar refractivity (Wildman–Crippen MR) is 58.2 cm³/mol. The van der Waals surface area contributed by atoms with E-state index in [1.165, 1.54) is 44.9 Å². The average Bonchev–Trinajstić information content (AvgIpc) is 2.60. The van der Waals surface area contributed by atoms with Gasteiger partial charge in [-0.25, -0.2) is 0 Å². The van der Waals surface area contributed by atoms with Crippen molar-refractivity contribution in [1.82, 2.24) is 0 Å². The van der Waals surface area contributed by atoms with Gasteiger partial charge in [-0.3, -0.25) is 4.79 Å². The molecule has 80 valence electrons. The van der Waals surface area contributed by atoms with Gasteiger partial charge in [0.25, 0.3) is 0 Å². The van der Waals surface area contributed by atoms with Crippen LogP contribution in [0.25, 0.3) is 0 Å². The molecule has 1 heteroatoms. The molecule has 2 fully saturated rings. The van der Waals surface area contributed by atoms with E-state index in [-0.39, 0.29) is 5.41 Å². The monoisotopic (exact) mass is 194 g/mol. The lowest BCUT2D eigenvalue weighted by molar-refractivity contribution is -0.130. The Bertz CT molecular complexity index is 209. The van der Waals surface area contributed by atoms with Crippen molar-refractivity contribution in [3.8, 4) is 0 Å². The fourth-order valence-corrected chi connectivity index (χ4v) is 3.06. The molecule has 1 nitrogen and oxygen atoms in total. The first kappa shape index (κ1) is 10.2. The standard InChI is InChI=1S/C13H22O/c1-2-13(8-3-4-9-13)12(14)10-11-6-5-7-11/h11H,2-10H2,1H3. The van der Waals surface area contributed by atoms with Crippen LogP contribution in [0.15, 0.2) is 0 Å². The summed E-state index contributed by atoms with van der Waals surface area (Å²) in [5.74, 6) is 1.36. The van der Waals surface area contributed by atoms with Crippen molar-refractivity contribution >= 4 is 5.78 Å². The second-order valence-electron chi connectivity index (χ2n) is 5.27. The van der Waals surface area contributed by atoms with E-state index in [1.807, 2.05) is 0 Å². The number of carbonyl (C=O) groups excluding carboxylic acids is 1. The molecule has 0 radical (unpaired) electrons. The fraction of sp³-hybridized carbons (Fsp3) is 0.923. The SMILES string of the molecule is CCC1(C(=O)CC2CCC2)CCCC1. The number of Topliss-reactive ketones (excluding diaryl/α,β-unsaturated/α-hetero) is 1. The molecule has 2 aliphatic rings. The molecule has 0 amide bonds. The molecule has 0 atom stereocenters. The van der Waals surface area contributed by atoms with Crippen molar-refractivity contribution in [2.45, 2.75) is 64.7 Å². The Kier molecular flexibility index (Phi) is 2.94. The van der Waals surface area contributed by atoms with Crippen LogP contribution in [0.2, 0.25) is 0 Å². The third kappa shape index (κ3) is 1.74. The summed E-state index contributed by atoms with van der Waals surface area (Å²) in [6.45, 7) is 2.20. The maximum atomic E-state index is 12.2. The molecule has 0 unspecified atom stereocenters. The van der Waals surface area contributed by atoms with Crippen molar-refractivity contribution < 1.29 is 4.79 Å². The summed E-state index contributed by atoms with van der Waals surface area (Å²) >= 11 is 0. The van der Waals surface area contributed by atoms with Gasteiger partial charge in [0.15, 0.2) is 0 Å². The van der Waals surface area contributed by atoms with Gasteiger partial charge >= 0.3 is 0 Å². The fourth-order valence-electron chi connectivity index (χ4n) is 3.06. The molecular weight excluding hydrogens is 172 g/mol. The van der Waals surface area contributed by atoms with Gasteiger partial charge in [0.05, 0.1) is 0 Å². The van der Waals surface area contributed by atoms with Crippen molar-refractivity contribution in [1.29, 1.82) is 0 Å². The van der Waals surface area contributed by atoms with Crippen molar-refractivity contribution in [3.05, 3.63) is 0 Å². The first-order valence-electron chi connectivity index (χ1n) is 6.30. The van der Waals surface area contributed by atoms with Gasteiger partial charge in [-0.05, 0) is 25.2 Å². The lowest BCUT2D eigenvalue weighted by atomic mass is 9.72. The summed E-state index contributed by atoms with van der Waals surface area (Å²) < 4.78 is 0. The van der Waals surface area contributed by atoms with Crippen LogP contribution < -0.4 is 0 Å². The molecule has 0 aliphatic heterocycles. The Morgan fingerprint density at radius 3 is 2.29 bits per heavy atom. The Hall–Kier alpha value is -0.330. The molecule has 0 aromatic heterocycles. The predicted octanol–water partition coefficient (Wildman–Crippen LogP) is 3.72. The quantitative estimate of drug-likeness (QED) is 0.666. The lowest BCUT2D eigenvalue weighted by Gasteiger charge is -2.31. The summed E-state index contributed by atoms with van der Waals surface area (Å²) in [5, 5.41) is 0. The topological polar surface area (TPSA) is 17.1 Å². The molecule has 0 aromatic rings. The summed E-state index contributed by atoms with van der Waals surface area (Å²) in [6, 6.07) is 0. The minimum absolute atomic E-state index is 0.121. The van der Waals surface area contributed by atoms with Gasteiger partial charge in [-0.2, -0.15) is 0 Å². The largest absolute Gasteiger partial charge is 0.299 e. The van der Waals surface area contributed by atoms with Crippen LogP contribution in [-0.2, 0) is 4.79 Å². The maximum Gasteiger partial charge on any atom is 0.139 e. The van der Waals surface area contributed by atoms with Gasteiger partial charge in [-0.1, -0.05) is 39.0 Å². The molecule has 2 aliphatic carbocycles. The normalized spacial score (nSPS) is 26.1. The zero-order chi connectivity index (χ0) is 10.0. The van der Waals surface area contributed by atoms with Gasteiger partial charge in [0, 0.05) is 11.8 Å². The third-order valence-corrected chi connectivity index (χ3v) is 4.53. The van der Waals surface area contributed by atoms with E-state index < -0.39 is 0 Å². The zero-order valence-corrected chi connectivity index (χ0v) is 9.35. The highest BCUT2D eigenvalue weighted by atomic mass is 16.1. The molecule has 0 spiro atoms. The zero-order valence-electron chi connectivity index (χ0n) is 9.35. The second-order valence-corrected chi connectivity index (χ2v) is 5.27. The number of rotatable bonds is 4. The van der Waals surface area contributed by atoms with E-state index in [4.69, 9.17) is 0 Å². The van der Waals surface area contributed by atoms with Crippen LogP contribution in [-0.4, -0.2) is 5.78 Å². The number of carbonyl (C=O) groups is 1. The van der Waals surface area contributed by atoms with Crippen LogP contribution in [0, 0.1) is 11.3 Å². The van der Waals surface area contributed by atoms with Crippen LogP contribution in [0.5, 0.6) is 0 Å². The van der Waals surface area contributed by atoms with E-state index in [0.29, 0.717) is 5.78 Å². The van der Waals surface area contributed by atoms with Crippen molar-refractivity contribution in [2.75, 3.05) is 0 Å². The molecule has 2 saturated carbocycles. The lowest BCUT2D eigenvalue weighted by Crippen LogP contribution is -2.30. The van der Waals surface area contributed by atoms with Gasteiger partial charge in [0.2, 0.25) is 0 Å². The minimum atomic E-state index is 0.121. The highest BCUT2D eigenvalue weighted by molar-refractivity contribution is 5.85. The first-order valence-corrected chi connectivity index (χ1v) is 6.30. The maximum absolute atomic E-state index is 12.2. The smallest absolute Gasteiger partial charge is 0.139 e. The van der Waals surface area contributed by atoms with E-state index >= 15 is 0 Å². The Balaban J connectivity index is 1.92. The minimum Gasteiger partial charge on any atom is -0.299 e. The third-order valence-electron chi connectivity index (χ3n) is 4.53. The Morgan fingerprint density at radius 1 is 1.21 bits per heavy atom. The molecular formula is C13H22O. The highest BCUT2D eigenvalue weighted by Gasteiger charge is 2.39. The summed E-state index contributed by atoms with van der Waals surface area (Å²) in [6.07, 6.45) is 10.9. The molecule has 14 heavy (non-hydrogen) atoms. The van der Waals surface area contributed by atoms with Crippen LogP contribution in [0.1, 0.15) is 64.7 Å². The van der Waals surface area contributed by atoms with Crippen molar-refractivity contribution in [2.24, 2.45) is 11.3 Å². The summed E-state index contributed by atoms with van der Waals surface area (Å²) in [5.41, 5.74) is 0.121. The number of hydrogen-bond donors (Lipinski definition) is 0. The van der Waals surface area contributed by atoms with Crippen LogP contribution in [0.4, 0.5) is 0 Å². The van der Waals surface area contributed by atoms with Gasteiger partial charge < -0.3 is 0 Å². The van der Waals surface area contributed by atoms with E-state index in [9.17, 15) is 4.79 Å². The Morgan fingerprint density at radius 2 is 1.86 bits per heavy atom. The Labute approximate surface area is 87.3 Å². The van der Waals surface area contributed by atoms with Crippen LogP contribution in [0.3, 0.4) is 0 Å². The molecule has 0 aromatic carbocycles. The van der Waals surface area contributed by atoms with E-state index in [0.717, 1.165) is 18.8 Å². The summed E-state index contributed by atoms with van der Waals surface area (Å²) in [4.78, 5) is 12.2. The molecule has 2 rings (SSSR count). The molecule has 0 heterocycles. The molecule has 0 bridgehead atoms. The average molecular weight is 194 g/mol. The van der Waals surface area contributed by atoms with Crippen molar-refractivity contribution in [3.63, 3.8) is 0 Å². The highest BCUT2D eigenvalue weighted by Crippen LogP contribution is 2.44. The molecule has 0 N–H and O–H groups in total.